The zero-order valence-electron chi connectivity index (χ0n) is 12.6. The number of hydrogen-bond acceptors (Lipinski definition) is 4. The second-order valence-electron chi connectivity index (χ2n) is 5.55. The number of benzene rings is 1. The molecular formula is C16H17BrN2O3. The van der Waals surface area contributed by atoms with Gasteiger partial charge in [-0.2, -0.15) is 5.06 Å². The van der Waals surface area contributed by atoms with E-state index in [1.54, 1.807) is 36.5 Å². The van der Waals surface area contributed by atoms with Gasteiger partial charge in [0.2, 0.25) is 12.3 Å². The van der Waals surface area contributed by atoms with Crippen LogP contribution in [-0.4, -0.2) is 17.0 Å². The van der Waals surface area contributed by atoms with Crippen molar-refractivity contribution in [2.75, 3.05) is 5.06 Å². The molecule has 1 aromatic heterocycles. The number of hydroxylamine groups is 1. The van der Waals surface area contributed by atoms with Gasteiger partial charge in [-0.25, -0.2) is 4.98 Å². The molecule has 1 amide bonds. The molecule has 1 heterocycles. The Morgan fingerprint density at radius 2 is 1.82 bits per heavy atom. The summed E-state index contributed by atoms with van der Waals surface area (Å²) >= 11 is 3.32. The molecule has 116 valence electrons. The van der Waals surface area contributed by atoms with Crippen LogP contribution in [0.15, 0.2) is 47.1 Å². The number of aromatic nitrogens is 1. The molecule has 0 saturated carbocycles. The Morgan fingerprint density at radius 3 is 2.32 bits per heavy atom. The predicted octanol–water partition coefficient (Wildman–Crippen LogP) is 4.33. The van der Waals surface area contributed by atoms with Crippen molar-refractivity contribution in [1.29, 1.82) is 0 Å². The smallest absolute Gasteiger partial charge is 0.238 e. The van der Waals surface area contributed by atoms with Crippen molar-refractivity contribution >= 4 is 28.0 Å². The van der Waals surface area contributed by atoms with Crippen molar-refractivity contribution in [3.05, 3.63) is 47.1 Å². The van der Waals surface area contributed by atoms with Crippen LogP contribution in [0.2, 0.25) is 0 Å². The minimum Gasteiger partial charge on any atom is -0.439 e. The molecule has 6 heteroatoms. The average molecular weight is 365 g/mol. The van der Waals surface area contributed by atoms with E-state index in [-0.39, 0.29) is 0 Å². The number of pyridine rings is 1. The van der Waals surface area contributed by atoms with Crippen LogP contribution < -0.4 is 9.80 Å². The Kier molecular flexibility index (Phi) is 5.15. The molecule has 0 bridgehead atoms. The minimum atomic E-state index is -0.461. The largest absolute Gasteiger partial charge is 0.439 e. The van der Waals surface area contributed by atoms with E-state index in [0.717, 1.165) is 4.47 Å². The Bertz CT molecular complexity index is 621. The number of ether oxygens (including phenoxy) is 1. The lowest BCUT2D eigenvalue weighted by atomic mass is 10.2. The highest BCUT2D eigenvalue weighted by atomic mass is 79.9. The summed E-state index contributed by atoms with van der Waals surface area (Å²) in [4.78, 5) is 20.8. The lowest BCUT2D eigenvalue weighted by molar-refractivity contribution is -0.120. The monoisotopic (exact) mass is 364 g/mol. The topological polar surface area (TPSA) is 51.7 Å². The van der Waals surface area contributed by atoms with Crippen LogP contribution >= 0.6 is 15.9 Å². The van der Waals surface area contributed by atoms with Crippen LogP contribution in [-0.2, 0) is 9.63 Å². The van der Waals surface area contributed by atoms with E-state index in [9.17, 15) is 4.79 Å². The summed E-state index contributed by atoms with van der Waals surface area (Å²) in [6, 6.07) is 10.6. The summed E-state index contributed by atoms with van der Waals surface area (Å²) in [5, 5.41) is 1.20. The summed E-state index contributed by atoms with van der Waals surface area (Å²) < 4.78 is 6.51. The van der Waals surface area contributed by atoms with Gasteiger partial charge < -0.3 is 4.74 Å². The third-order valence-electron chi connectivity index (χ3n) is 2.48. The molecule has 0 saturated heterocycles. The summed E-state index contributed by atoms with van der Waals surface area (Å²) in [5.74, 6) is 1.12. The molecule has 1 aromatic carbocycles. The molecule has 0 spiro atoms. The van der Waals surface area contributed by atoms with Gasteiger partial charge >= 0.3 is 0 Å². The fraction of sp³-hybridized carbons (Fsp3) is 0.250. The molecule has 2 aromatic rings. The highest BCUT2D eigenvalue weighted by Gasteiger charge is 2.17. The molecule has 0 radical (unpaired) electrons. The molecule has 0 aliphatic heterocycles. The van der Waals surface area contributed by atoms with Gasteiger partial charge in [-0.1, -0.05) is 0 Å². The molecule has 2 rings (SSSR count). The van der Waals surface area contributed by atoms with Gasteiger partial charge in [0.1, 0.15) is 5.75 Å². The van der Waals surface area contributed by atoms with Crippen LogP contribution in [0.25, 0.3) is 0 Å². The first-order valence-corrected chi connectivity index (χ1v) is 7.50. The second-order valence-corrected chi connectivity index (χ2v) is 6.46. The second kappa shape index (κ2) is 6.89. The maximum Gasteiger partial charge on any atom is 0.238 e. The summed E-state index contributed by atoms with van der Waals surface area (Å²) in [5.41, 5.74) is 0.165. The molecule has 0 N–H and O–H groups in total. The Balaban J connectivity index is 2.09. The number of anilines is 1. The summed E-state index contributed by atoms with van der Waals surface area (Å²) in [7, 11) is 0. The number of nitrogens with zero attached hydrogens (tertiary/aromatic N) is 2. The first kappa shape index (κ1) is 16.5. The van der Waals surface area contributed by atoms with Gasteiger partial charge in [0.05, 0.1) is 11.3 Å². The number of hydrogen-bond donors (Lipinski definition) is 0. The van der Waals surface area contributed by atoms with Gasteiger partial charge in [-0.3, -0.25) is 9.63 Å². The molecular weight excluding hydrogens is 348 g/mol. The van der Waals surface area contributed by atoms with Gasteiger partial charge in [-0.15, -0.1) is 0 Å². The number of carbonyl (C=O) groups is 1. The standard InChI is InChI=1S/C16H17BrN2O3/c1-16(2,3)22-19(11-20)13-5-7-14(8-6-13)21-15-9-4-12(17)10-18-15/h4-11H,1-3H3. The van der Waals surface area contributed by atoms with E-state index >= 15 is 0 Å². The maximum atomic E-state index is 11.1. The van der Waals surface area contributed by atoms with E-state index in [1.807, 2.05) is 26.8 Å². The highest BCUT2D eigenvalue weighted by Crippen LogP contribution is 2.25. The van der Waals surface area contributed by atoms with Crippen molar-refractivity contribution < 1.29 is 14.4 Å². The number of amides is 1. The van der Waals surface area contributed by atoms with Gasteiger partial charge in [-0.05, 0) is 67.0 Å². The predicted molar refractivity (Wildman–Crippen MR) is 87.8 cm³/mol. The molecule has 0 fully saturated rings. The first-order chi connectivity index (χ1) is 10.4. The summed E-state index contributed by atoms with van der Waals surface area (Å²) in [6.07, 6.45) is 2.30. The van der Waals surface area contributed by atoms with Gasteiger partial charge in [0.15, 0.2) is 0 Å². The normalized spacial score (nSPS) is 11.1. The molecule has 0 atom stereocenters. The van der Waals surface area contributed by atoms with E-state index in [4.69, 9.17) is 9.57 Å². The van der Waals surface area contributed by atoms with Crippen molar-refractivity contribution in [3.63, 3.8) is 0 Å². The molecule has 0 unspecified atom stereocenters. The van der Waals surface area contributed by atoms with Crippen LogP contribution in [0.1, 0.15) is 20.8 Å². The molecule has 0 aliphatic carbocycles. The zero-order chi connectivity index (χ0) is 16.2. The molecule has 22 heavy (non-hydrogen) atoms. The minimum absolute atomic E-state index is 0.461. The Labute approximate surface area is 138 Å². The van der Waals surface area contributed by atoms with Crippen molar-refractivity contribution in [3.8, 4) is 11.6 Å². The van der Waals surface area contributed by atoms with E-state index in [1.165, 1.54) is 5.06 Å². The van der Waals surface area contributed by atoms with Crippen molar-refractivity contribution in [2.45, 2.75) is 26.4 Å². The number of carbonyl (C=O) groups excluding carboxylic acids is 1. The third kappa shape index (κ3) is 4.82. The Morgan fingerprint density at radius 1 is 1.14 bits per heavy atom. The molecule has 5 nitrogen and oxygen atoms in total. The lowest BCUT2D eigenvalue weighted by Gasteiger charge is -2.26. The van der Waals surface area contributed by atoms with E-state index in [0.29, 0.717) is 23.7 Å². The number of halogens is 1. The summed E-state index contributed by atoms with van der Waals surface area (Å²) in [6.45, 7) is 5.63. The Hall–Kier alpha value is -1.92. The molecule has 0 aliphatic rings. The highest BCUT2D eigenvalue weighted by molar-refractivity contribution is 9.10. The van der Waals surface area contributed by atoms with Crippen LogP contribution in [0.3, 0.4) is 0 Å². The van der Waals surface area contributed by atoms with Crippen LogP contribution in [0.5, 0.6) is 11.6 Å². The van der Waals surface area contributed by atoms with Gasteiger partial charge in [0.25, 0.3) is 0 Å². The zero-order valence-corrected chi connectivity index (χ0v) is 14.2. The third-order valence-corrected chi connectivity index (χ3v) is 2.95. The van der Waals surface area contributed by atoms with E-state index in [2.05, 4.69) is 20.9 Å². The van der Waals surface area contributed by atoms with Crippen LogP contribution in [0, 0.1) is 0 Å². The average Bonchev–Trinajstić information content (AvgIpc) is 2.47. The maximum absolute atomic E-state index is 11.1. The fourth-order valence-corrected chi connectivity index (χ4v) is 1.87. The van der Waals surface area contributed by atoms with Crippen molar-refractivity contribution in [1.82, 2.24) is 4.98 Å². The quantitative estimate of drug-likeness (QED) is 0.585. The van der Waals surface area contributed by atoms with E-state index < -0.39 is 5.60 Å². The van der Waals surface area contributed by atoms with Gasteiger partial charge in [0, 0.05) is 16.7 Å². The fourth-order valence-electron chi connectivity index (χ4n) is 1.63. The number of rotatable bonds is 5. The van der Waals surface area contributed by atoms with Crippen molar-refractivity contribution in [2.24, 2.45) is 0 Å². The van der Waals surface area contributed by atoms with Crippen LogP contribution in [0.4, 0.5) is 5.69 Å². The SMILES string of the molecule is CC(C)(C)ON(C=O)c1ccc(Oc2ccc(Br)cn2)cc1. The first-order valence-electron chi connectivity index (χ1n) is 6.70. The lowest BCUT2D eigenvalue weighted by Crippen LogP contribution is -2.32.